The molecule has 4 atom stereocenters. The van der Waals surface area contributed by atoms with E-state index in [4.69, 9.17) is 17.2 Å². The van der Waals surface area contributed by atoms with Gasteiger partial charge in [0.25, 0.3) is 0 Å². The number of primary amides is 1. The lowest BCUT2D eigenvalue weighted by atomic mass is 10.0. The van der Waals surface area contributed by atoms with Crippen LogP contribution in [0.4, 0.5) is 0 Å². The largest absolute Gasteiger partial charge is 0.480 e. The molecule has 0 bridgehead atoms. The van der Waals surface area contributed by atoms with Gasteiger partial charge in [0.1, 0.15) is 18.1 Å². The maximum Gasteiger partial charge on any atom is 0.326 e. The summed E-state index contributed by atoms with van der Waals surface area (Å²) in [6, 6.07) is 3.57. The molecule has 0 heterocycles. The van der Waals surface area contributed by atoms with E-state index in [-0.39, 0.29) is 19.3 Å². The summed E-state index contributed by atoms with van der Waals surface area (Å²) in [5.74, 6) is -4.49. The molecule has 4 unspecified atom stereocenters. The van der Waals surface area contributed by atoms with Gasteiger partial charge in [-0.3, -0.25) is 19.2 Å². The Kier molecular flexibility index (Phi) is 13.7. The molecule has 0 aromatic heterocycles. The highest BCUT2D eigenvalue weighted by Gasteiger charge is 2.30. The van der Waals surface area contributed by atoms with Gasteiger partial charge in [0.05, 0.1) is 12.6 Å². The molecule has 1 aromatic carbocycles. The highest BCUT2D eigenvalue weighted by atomic mass is 16.4. The first kappa shape index (κ1) is 30.5. The Morgan fingerprint density at radius 3 is 1.97 bits per heavy atom. The molecule has 0 fully saturated rings. The zero-order chi connectivity index (χ0) is 27.1. The SMILES string of the molecule is NCCCCC(N)C(=O)NC(CO)C(=O)NC(CCC(N)=O)C(=O)NC(Cc1ccccc1)C(=O)O. The molecule has 200 valence electrons. The Morgan fingerprint density at radius 1 is 0.833 bits per heavy atom. The maximum absolute atomic E-state index is 12.9. The molecular weight excluding hydrogens is 472 g/mol. The number of hydrogen-bond donors (Lipinski definition) is 8. The minimum atomic E-state index is -1.43. The van der Waals surface area contributed by atoms with Crippen LogP contribution in [-0.4, -0.2) is 77.1 Å². The second-order valence-corrected chi connectivity index (χ2v) is 8.29. The molecule has 0 aliphatic rings. The van der Waals surface area contributed by atoms with Gasteiger partial charge in [0, 0.05) is 12.8 Å². The fraction of sp³-hybridized carbons (Fsp3) is 0.522. The van der Waals surface area contributed by atoms with E-state index in [1.807, 2.05) is 0 Å². The van der Waals surface area contributed by atoms with Crippen molar-refractivity contribution in [2.75, 3.05) is 13.2 Å². The van der Waals surface area contributed by atoms with E-state index < -0.39 is 60.4 Å². The first-order valence-electron chi connectivity index (χ1n) is 11.6. The minimum absolute atomic E-state index is 0.0181. The lowest BCUT2D eigenvalue weighted by Gasteiger charge is -2.24. The fourth-order valence-corrected chi connectivity index (χ4v) is 3.26. The number of carboxylic acids is 1. The molecule has 1 rings (SSSR count). The van der Waals surface area contributed by atoms with Gasteiger partial charge in [0.2, 0.25) is 23.6 Å². The molecule has 36 heavy (non-hydrogen) atoms. The van der Waals surface area contributed by atoms with Crippen LogP contribution < -0.4 is 33.2 Å². The van der Waals surface area contributed by atoms with Crippen LogP contribution in [0, 0.1) is 0 Å². The number of rotatable bonds is 17. The number of aliphatic hydroxyl groups is 1. The molecular formula is C23H36N6O7. The first-order valence-corrected chi connectivity index (χ1v) is 11.6. The van der Waals surface area contributed by atoms with Crippen molar-refractivity contribution in [1.29, 1.82) is 0 Å². The van der Waals surface area contributed by atoms with Crippen molar-refractivity contribution >= 4 is 29.6 Å². The van der Waals surface area contributed by atoms with E-state index in [2.05, 4.69) is 16.0 Å². The third-order valence-electron chi connectivity index (χ3n) is 5.33. The number of carbonyl (C=O) groups excluding carboxylic acids is 4. The van der Waals surface area contributed by atoms with Crippen LogP contribution in [-0.2, 0) is 30.4 Å². The molecule has 11 N–H and O–H groups in total. The Labute approximate surface area is 209 Å². The second kappa shape index (κ2) is 16.2. The standard InChI is InChI=1S/C23H36N6O7/c24-11-5-4-8-15(25)20(32)29-18(13-30)22(34)27-16(9-10-19(26)31)21(33)28-17(23(35)36)12-14-6-2-1-3-7-14/h1-3,6-7,15-18,30H,4-5,8-13,24-25H2,(H2,26,31)(H,27,34)(H,28,33)(H,29,32)(H,35,36). The number of hydrogen-bond acceptors (Lipinski definition) is 8. The Balaban J connectivity index is 2.88. The topological polar surface area (TPSA) is 240 Å². The maximum atomic E-state index is 12.9. The molecule has 13 nitrogen and oxygen atoms in total. The Hall–Kier alpha value is -3.55. The third kappa shape index (κ3) is 11.3. The van der Waals surface area contributed by atoms with Gasteiger partial charge in [-0.05, 0) is 31.4 Å². The summed E-state index contributed by atoms with van der Waals surface area (Å²) in [6.45, 7) is -0.345. The van der Waals surface area contributed by atoms with Crippen LogP contribution in [0.1, 0.15) is 37.7 Å². The van der Waals surface area contributed by atoms with Crippen LogP contribution in [0.5, 0.6) is 0 Å². The number of carbonyl (C=O) groups is 5. The van der Waals surface area contributed by atoms with E-state index >= 15 is 0 Å². The van der Waals surface area contributed by atoms with Crippen molar-refractivity contribution in [3.8, 4) is 0 Å². The predicted molar refractivity (Wildman–Crippen MR) is 130 cm³/mol. The van der Waals surface area contributed by atoms with Gasteiger partial charge >= 0.3 is 5.97 Å². The number of aliphatic hydroxyl groups excluding tert-OH is 1. The number of nitrogens with one attached hydrogen (secondary N) is 3. The van der Waals surface area contributed by atoms with Crippen LogP contribution in [0.15, 0.2) is 30.3 Å². The molecule has 13 heteroatoms. The van der Waals surface area contributed by atoms with Crippen molar-refractivity contribution in [3.63, 3.8) is 0 Å². The summed E-state index contributed by atoms with van der Waals surface area (Å²) >= 11 is 0. The average molecular weight is 509 g/mol. The van der Waals surface area contributed by atoms with Gasteiger partial charge in [-0.15, -0.1) is 0 Å². The van der Waals surface area contributed by atoms with E-state index in [1.54, 1.807) is 30.3 Å². The number of carboxylic acid groups (broad SMARTS) is 1. The lowest BCUT2D eigenvalue weighted by molar-refractivity contribution is -0.142. The first-order chi connectivity index (χ1) is 17.1. The average Bonchev–Trinajstić information content (AvgIpc) is 2.84. The molecule has 4 amide bonds. The van der Waals surface area contributed by atoms with Crippen molar-refractivity contribution in [3.05, 3.63) is 35.9 Å². The van der Waals surface area contributed by atoms with Gasteiger partial charge < -0.3 is 43.4 Å². The van der Waals surface area contributed by atoms with E-state index in [0.717, 1.165) is 0 Å². The summed E-state index contributed by atoms with van der Waals surface area (Å²) in [5, 5.41) is 26.2. The molecule has 0 saturated carbocycles. The van der Waals surface area contributed by atoms with E-state index in [9.17, 15) is 34.2 Å². The highest BCUT2D eigenvalue weighted by molar-refractivity contribution is 5.94. The van der Waals surface area contributed by atoms with Crippen LogP contribution in [0.25, 0.3) is 0 Å². The smallest absolute Gasteiger partial charge is 0.326 e. The molecule has 0 saturated heterocycles. The summed E-state index contributed by atoms with van der Waals surface area (Å²) in [7, 11) is 0. The Morgan fingerprint density at radius 2 is 1.42 bits per heavy atom. The van der Waals surface area contributed by atoms with Crippen molar-refractivity contribution in [2.24, 2.45) is 17.2 Å². The molecule has 0 aliphatic carbocycles. The van der Waals surface area contributed by atoms with E-state index in [0.29, 0.717) is 31.4 Å². The van der Waals surface area contributed by atoms with Crippen molar-refractivity contribution in [1.82, 2.24) is 16.0 Å². The summed E-state index contributed by atoms with van der Waals surface area (Å²) in [6.07, 6.45) is 1.07. The molecule has 0 spiro atoms. The third-order valence-corrected chi connectivity index (χ3v) is 5.33. The van der Waals surface area contributed by atoms with Gasteiger partial charge in [-0.25, -0.2) is 4.79 Å². The zero-order valence-corrected chi connectivity index (χ0v) is 20.0. The van der Waals surface area contributed by atoms with Crippen molar-refractivity contribution < 1.29 is 34.2 Å². The minimum Gasteiger partial charge on any atom is -0.480 e. The normalized spacial score (nSPS) is 14.1. The van der Waals surface area contributed by atoms with Crippen LogP contribution in [0.2, 0.25) is 0 Å². The predicted octanol–water partition coefficient (Wildman–Crippen LogP) is -2.52. The number of benzene rings is 1. The molecule has 0 radical (unpaired) electrons. The highest BCUT2D eigenvalue weighted by Crippen LogP contribution is 2.06. The van der Waals surface area contributed by atoms with Crippen LogP contribution in [0.3, 0.4) is 0 Å². The lowest BCUT2D eigenvalue weighted by Crippen LogP contribution is -2.58. The summed E-state index contributed by atoms with van der Waals surface area (Å²) < 4.78 is 0. The summed E-state index contributed by atoms with van der Waals surface area (Å²) in [5.41, 5.74) is 17.0. The number of amides is 4. The Bertz CT molecular complexity index is 883. The molecule has 1 aromatic rings. The monoisotopic (exact) mass is 508 g/mol. The number of unbranched alkanes of at least 4 members (excludes halogenated alkanes) is 1. The summed E-state index contributed by atoms with van der Waals surface area (Å²) in [4.78, 5) is 60.8. The van der Waals surface area contributed by atoms with E-state index in [1.165, 1.54) is 0 Å². The molecule has 0 aliphatic heterocycles. The van der Waals surface area contributed by atoms with Crippen molar-refractivity contribution in [2.45, 2.75) is 62.7 Å². The van der Waals surface area contributed by atoms with Gasteiger partial charge in [0.15, 0.2) is 0 Å². The van der Waals surface area contributed by atoms with Gasteiger partial charge in [-0.2, -0.15) is 0 Å². The van der Waals surface area contributed by atoms with Crippen LogP contribution >= 0.6 is 0 Å². The fourth-order valence-electron chi connectivity index (χ4n) is 3.26. The quantitative estimate of drug-likeness (QED) is 0.103. The second-order valence-electron chi connectivity index (χ2n) is 8.29. The van der Waals surface area contributed by atoms with Gasteiger partial charge in [-0.1, -0.05) is 36.8 Å². The number of nitrogens with two attached hydrogens (primary N) is 3. The number of aliphatic carboxylic acids is 1. The zero-order valence-electron chi connectivity index (χ0n) is 20.0.